The molecule has 0 fully saturated rings. The number of aliphatic imine (C=N–C) groups is 2. The lowest BCUT2D eigenvalue weighted by Crippen LogP contribution is -2.19. The monoisotopic (exact) mass is 442 g/mol. The Morgan fingerprint density at radius 1 is 0.677 bits per heavy atom. The molecule has 0 saturated carbocycles. The van der Waals surface area contributed by atoms with Crippen LogP contribution >= 0.6 is 12.4 Å². The molecule has 2 rings (SSSR count). The van der Waals surface area contributed by atoms with Crippen LogP contribution in [0.1, 0.15) is 11.1 Å². The molecule has 0 saturated heterocycles. The zero-order valence-corrected chi connectivity index (χ0v) is 18.7. The fraction of sp³-hybridized carbons (Fsp3) is 0.182. The van der Waals surface area contributed by atoms with Gasteiger partial charge >= 0.3 is 0 Å². The third-order valence-corrected chi connectivity index (χ3v) is 4.16. The largest absolute Gasteiger partial charge is 0.373 e. The van der Waals surface area contributed by atoms with Crippen molar-refractivity contribution in [3.8, 4) is 0 Å². The van der Waals surface area contributed by atoms with Gasteiger partial charge < -0.3 is 21.3 Å². The topological polar surface area (TPSA) is 107 Å². The summed E-state index contributed by atoms with van der Waals surface area (Å²) in [4.78, 5) is 32.4. The molecule has 0 atom stereocenters. The minimum atomic E-state index is -0.399. The number of amides is 2. The van der Waals surface area contributed by atoms with Gasteiger partial charge in [-0.3, -0.25) is 19.6 Å². The van der Waals surface area contributed by atoms with Gasteiger partial charge in [0.05, 0.1) is 0 Å². The Hall–Kier alpha value is -3.65. The molecule has 2 amide bonds. The van der Waals surface area contributed by atoms with Gasteiger partial charge in [-0.2, -0.15) is 0 Å². The zero-order chi connectivity index (χ0) is 21.9. The summed E-state index contributed by atoms with van der Waals surface area (Å²) >= 11 is 0. The van der Waals surface area contributed by atoms with E-state index in [9.17, 15) is 9.59 Å². The Kier molecular flexibility index (Phi) is 10.5. The fourth-order valence-electron chi connectivity index (χ4n) is 2.71. The molecule has 8 nitrogen and oxygen atoms in total. The van der Waals surface area contributed by atoms with Crippen molar-refractivity contribution < 1.29 is 9.59 Å². The summed E-state index contributed by atoms with van der Waals surface area (Å²) in [5, 5.41) is 11.4. The Balaban J connectivity index is 0.00000480. The second-order valence-corrected chi connectivity index (χ2v) is 6.11. The minimum Gasteiger partial charge on any atom is -0.373 e. The molecular formula is C22H27ClN6O2. The number of anilines is 2. The van der Waals surface area contributed by atoms with Gasteiger partial charge in [0, 0.05) is 62.8 Å². The second-order valence-electron chi connectivity index (χ2n) is 6.11. The quantitative estimate of drug-likeness (QED) is 0.313. The summed E-state index contributed by atoms with van der Waals surface area (Å²) < 4.78 is 0. The third-order valence-electron chi connectivity index (χ3n) is 4.16. The van der Waals surface area contributed by atoms with Crippen molar-refractivity contribution in [1.29, 1.82) is 0 Å². The summed E-state index contributed by atoms with van der Waals surface area (Å²) in [5.74, 6) is 0.705. The number of benzene rings is 2. The maximum Gasteiger partial charge on any atom is 0.248 e. The first-order valence-corrected chi connectivity index (χ1v) is 9.30. The van der Waals surface area contributed by atoms with Crippen LogP contribution in [-0.4, -0.2) is 51.7 Å². The highest BCUT2D eigenvalue weighted by Gasteiger charge is 2.04. The predicted molar refractivity (Wildman–Crippen MR) is 130 cm³/mol. The Morgan fingerprint density at radius 2 is 1.00 bits per heavy atom. The van der Waals surface area contributed by atoms with E-state index >= 15 is 0 Å². The molecular weight excluding hydrogens is 416 g/mol. The molecule has 2 aromatic carbocycles. The highest BCUT2D eigenvalue weighted by molar-refractivity contribution is 6.07. The van der Waals surface area contributed by atoms with Crippen molar-refractivity contribution in [2.75, 3.05) is 38.8 Å². The highest BCUT2D eigenvalue weighted by atomic mass is 35.5. The number of hydrogen-bond donors (Lipinski definition) is 4. The summed E-state index contributed by atoms with van der Waals surface area (Å²) in [5.41, 5.74) is 3.06. The summed E-state index contributed by atoms with van der Waals surface area (Å²) in [6, 6.07) is 14.5. The third kappa shape index (κ3) is 7.60. The Labute approximate surface area is 188 Å². The summed E-state index contributed by atoms with van der Waals surface area (Å²) in [6.45, 7) is 0. The molecule has 0 aliphatic carbocycles. The molecule has 0 unspecified atom stereocenters. The lowest BCUT2D eigenvalue weighted by atomic mass is 10.2. The van der Waals surface area contributed by atoms with Crippen molar-refractivity contribution in [3.05, 3.63) is 71.8 Å². The van der Waals surface area contributed by atoms with Crippen molar-refractivity contribution in [2.24, 2.45) is 9.98 Å². The summed E-state index contributed by atoms with van der Waals surface area (Å²) in [6.07, 6.45) is 2.37. The van der Waals surface area contributed by atoms with Gasteiger partial charge in [-0.15, -0.1) is 12.4 Å². The van der Waals surface area contributed by atoms with Crippen molar-refractivity contribution in [3.63, 3.8) is 0 Å². The summed E-state index contributed by atoms with van der Waals surface area (Å²) in [7, 11) is 6.98. The van der Waals surface area contributed by atoms with E-state index in [0.717, 1.165) is 22.8 Å². The van der Waals surface area contributed by atoms with Crippen LogP contribution in [0.2, 0.25) is 0 Å². The van der Waals surface area contributed by atoms with Gasteiger partial charge in [0.1, 0.15) is 11.7 Å². The van der Waals surface area contributed by atoms with Crippen molar-refractivity contribution in [1.82, 2.24) is 10.6 Å². The Bertz CT molecular complexity index is 887. The van der Waals surface area contributed by atoms with Gasteiger partial charge in [0.15, 0.2) is 0 Å². The minimum absolute atomic E-state index is 0. The average Bonchev–Trinajstić information content (AvgIpc) is 2.76. The Morgan fingerprint density at radius 3 is 1.26 bits per heavy atom. The van der Waals surface area contributed by atoms with Crippen LogP contribution < -0.4 is 21.3 Å². The number of halogens is 1. The SMILES string of the molecule is CN=C(NC)c1ccc(NC(=O)/C=C/C(=O)Nc2ccc(C(=NC)NC)cc2)cc1.Cl. The lowest BCUT2D eigenvalue weighted by Gasteiger charge is -2.07. The van der Waals surface area contributed by atoms with E-state index in [2.05, 4.69) is 31.3 Å². The number of carbonyl (C=O) groups excluding carboxylic acids is 2. The van der Waals surface area contributed by atoms with Crippen LogP contribution in [0, 0.1) is 0 Å². The molecule has 4 N–H and O–H groups in total. The fourth-order valence-corrected chi connectivity index (χ4v) is 2.71. The van der Waals surface area contributed by atoms with E-state index in [-0.39, 0.29) is 12.4 Å². The molecule has 0 radical (unpaired) electrons. The number of nitrogens with one attached hydrogen (secondary N) is 4. The molecule has 0 aliphatic rings. The number of hydrogen-bond acceptors (Lipinski definition) is 4. The molecule has 0 bridgehead atoms. The van der Waals surface area contributed by atoms with E-state index in [0.29, 0.717) is 11.4 Å². The first-order valence-electron chi connectivity index (χ1n) is 9.30. The van der Waals surface area contributed by atoms with Crippen molar-refractivity contribution >= 4 is 47.3 Å². The first-order chi connectivity index (χ1) is 14.5. The normalized spacial score (nSPS) is 11.5. The molecule has 164 valence electrons. The lowest BCUT2D eigenvalue weighted by molar-refractivity contribution is -0.114. The molecule has 2 aromatic rings. The standard InChI is InChI=1S/C22H26N6O2.ClH/c1-23-21(24-2)15-5-9-17(10-6-15)27-19(29)13-14-20(30)28-18-11-7-16(8-12-18)22(25-3)26-4;/h5-14H,1-4H3,(H,23,24)(H,25,26)(H,27,29)(H,28,30);1H/b14-13+;. The van der Waals surface area contributed by atoms with Crippen LogP contribution in [0.5, 0.6) is 0 Å². The molecule has 0 heterocycles. The van der Waals surface area contributed by atoms with Gasteiger partial charge in [0.25, 0.3) is 0 Å². The van der Waals surface area contributed by atoms with Crippen LogP contribution in [0.15, 0.2) is 70.7 Å². The molecule has 0 spiro atoms. The number of nitrogens with zero attached hydrogens (tertiary/aromatic N) is 2. The van der Waals surface area contributed by atoms with Crippen molar-refractivity contribution in [2.45, 2.75) is 0 Å². The van der Waals surface area contributed by atoms with E-state index in [1.54, 1.807) is 52.5 Å². The van der Waals surface area contributed by atoms with Crippen LogP contribution in [0.4, 0.5) is 11.4 Å². The molecule has 31 heavy (non-hydrogen) atoms. The van der Waals surface area contributed by atoms with Crippen LogP contribution in [0.25, 0.3) is 0 Å². The molecule has 9 heteroatoms. The van der Waals surface area contributed by atoms with Gasteiger partial charge in [-0.1, -0.05) is 0 Å². The maximum absolute atomic E-state index is 12.1. The zero-order valence-electron chi connectivity index (χ0n) is 17.9. The number of rotatable bonds is 6. The van der Waals surface area contributed by atoms with E-state index in [4.69, 9.17) is 0 Å². The smallest absolute Gasteiger partial charge is 0.248 e. The average molecular weight is 443 g/mol. The molecule has 0 aliphatic heterocycles. The first kappa shape index (κ1) is 25.4. The second kappa shape index (κ2) is 12.8. The van der Waals surface area contributed by atoms with E-state index < -0.39 is 11.8 Å². The van der Waals surface area contributed by atoms with Crippen LogP contribution in [-0.2, 0) is 9.59 Å². The number of amidine groups is 2. The van der Waals surface area contributed by atoms with E-state index in [1.165, 1.54) is 12.2 Å². The van der Waals surface area contributed by atoms with Gasteiger partial charge in [-0.05, 0) is 48.5 Å². The highest BCUT2D eigenvalue weighted by Crippen LogP contribution is 2.11. The van der Waals surface area contributed by atoms with Gasteiger partial charge in [0.2, 0.25) is 11.8 Å². The molecule has 0 aromatic heterocycles. The maximum atomic E-state index is 12.1. The number of carbonyl (C=O) groups is 2. The van der Waals surface area contributed by atoms with E-state index in [1.807, 2.05) is 24.3 Å². The van der Waals surface area contributed by atoms with Gasteiger partial charge in [-0.25, -0.2) is 0 Å². The van der Waals surface area contributed by atoms with Crippen LogP contribution in [0.3, 0.4) is 0 Å². The predicted octanol–water partition coefficient (Wildman–Crippen LogP) is 2.43.